The van der Waals surface area contributed by atoms with Crippen LogP contribution in [-0.4, -0.2) is 62.8 Å². The van der Waals surface area contributed by atoms with E-state index in [9.17, 15) is 28.4 Å². The minimum Gasteiger partial charge on any atom is -0.491 e. The van der Waals surface area contributed by atoms with E-state index < -0.39 is 17.4 Å². The molecule has 5 rings (SSSR count). The van der Waals surface area contributed by atoms with Crippen LogP contribution >= 0.6 is 11.6 Å². The van der Waals surface area contributed by atoms with Gasteiger partial charge in [0.05, 0.1) is 11.6 Å². The summed E-state index contributed by atoms with van der Waals surface area (Å²) in [6.45, 7) is 1.67. The van der Waals surface area contributed by atoms with E-state index in [-0.39, 0.29) is 42.5 Å². The number of halogens is 4. The number of aryl methyl sites for hydroxylation is 1. The number of fused-ring (bicyclic) bond motifs is 1. The number of aliphatic hydroxyl groups excluding tert-OH is 1. The molecule has 1 fully saturated rings. The fourth-order valence-corrected chi connectivity index (χ4v) is 4.88. The van der Waals surface area contributed by atoms with Crippen molar-refractivity contribution < 1.29 is 37.4 Å². The maximum atomic E-state index is 12.4. The number of rotatable bonds is 11. The molecular formula is C28H27ClF3N5O6. The topological polar surface area (TPSA) is 125 Å². The molecule has 228 valence electrons. The first kappa shape index (κ1) is 30.2. The summed E-state index contributed by atoms with van der Waals surface area (Å²) in [4.78, 5) is 20.8. The largest absolute Gasteiger partial charge is 0.573 e. The van der Waals surface area contributed by atoms with Crippen molar-refractivity contribution in [1.82, 2.24) is 14.5 Å². The van der Waals surface area contributed by atoms with Crippen LogP contribution in [-0.2, 0) is 6.54 Å². The van der Waals surface area contributed by atoms with Gasteiger partial charge in [-0.05, 0) is 82.5 Å². The van der Waals surface area contributed by atoms with Crippen molar-refractivity contribution in [1.29, 1.82) is 0 Å². The van der Waals surface area contributed by atoms with Gasteiger partial charge in [0.2, 0.25) is 0 Å². The molecule has 4 aromatic rings. The second-order valence-electron chi connectivity index (χ2n) is 9.92. The molecule has 3 heterocycles. The Bertz CT molecular complexity index is 1560. The van der Waals surface area contributed by atoms with Crippen LogP contribution < -0.4 is 19.1 Å². The van der Waals surface area contributed by atoms with Crippen LogP contribution in [0.3, 0.4) is 0 Å². The van der Waals surface area contributed by atoms with Crippen molar-refractivity contribution in [2.45, 2.75) is 44.4 Å². The van der Waals surface area contributed by atoms with Crippen LogP contribution in [0.4, 0.5) is 24.8 Å². The lowest BCUT2D eigenvalue weighted by atomic mass is 10.1. The number of benzene rings is 2. The van der Waals surface area contributed by atoms with Gasteiger partial charge in [-0.25, -0.2) is 4.98 Å². The predicted octanol–water partition coefficient (Wildman–Crippen LogP) is 5.77. The molecule has 1 aliphatic rings. The summed E-state index contributed by atoms with van der Waals surface area (Å²) in [5.74, 6) is 1.22. The molecule has 0 saturated carbocycles. The number of nitro groups is 1. The minimum absolute atomic E-state index is 0.0217. The standard InChI is InChI=1S/C28H27ClF3N5O6/c29-27-34-26(37(39)40)16-36(27)12-9-19(38)17-41-23-6-7-24-18(15-23)1-8-25(33-24)35-13-10-21(11-14-35)42-20-2-4-22(5-3-20)43-28(30,31)32/h1-8,15-16,19,21,38H,9-14,17H2. The average molecular weight is 622 g/mol. The van der Waals surface area contributed by atoms with Crippen molar-refractivity contribution in [2.75, 3.05) is 24.6 Å². The second-order valence-corrected chi connectivity index (χ2v) is 10.3. The highest BCUT2D eigenvalue weighted by atomic mass is 35.5. The lowest BCUT2D eigenvalue weighted by Crippen LogP contribution is -2.38. The summed E-state index contributed by atoms with van der Waals surface area (Å²) in [7, 11) is 0. The van der Waals surface area contributed by atoms with Gasteiger partial charge in [-0.3, -0.25) is 4.57 Å². The zero-order valence-electron chi connectivity index (χ0n) is 22.6. The molecule has 43 heavy (non-hydrogen) atoms. The summed E-state index contributed by atoms with van der Waals surface area (Å²) in [5.41, 5.74) is 0.779. The number of imidazole rings is 1. The number of aliphatic hydroxyl groups is 1. The normalized spacial score (nSPS) is 15.0. The highest BCUT2D eigenvalue weighted by molar-refractivity contribution is 6.28. The molecule has 0 radical (unpaired) electrons. The van der Waals surface area contributed by atoms with Gasteiger partial charge in [0, 0.05) is 37.9 Å². The third-order valence-corrected chi connectivity index (χ3v) is 7.12. The maximum Gasteiger partial charge on any atom is 0.573 e. The Labute approximate surface area is 248 Å². The SMILES string of the molecule is O=[N+]([O-])c1cn(CCC(O)COc2ccc3nc(N4CCC(Oc5ccc(OC(F)(F)F)cc5)CC4)ccc3c2)c(Cl)n1. The van der Waals surface area contributed by atoms with E-state index >= 15 is 0 Å². The molecule has 11 nitrogen and oxygen atoms in total. The number of alkyl halides is 3. The van der Waals surface area contributed by atoms with Crippen molar-refractivity contribution in [3.05, 3.63) is 76.2 Å². The number of anilines is 1. The minimum atomic E-state index is -4.74. The smallest absolute Gasteiger partial charge is 0.491 e. The maximum absolute atomic E-state index is 12.4. The van der Waals surface area contributed by atoms with Crippen LogP contribution in [0.5, 0.6) is 17.2 Å². The first-order valence-corrected chi connectivity index (χ1v) is 13.8. The highest BCUT2D eigenvalue weighted by Crippen LogP contribution is 2.28. The Balaban J connectivity index is 1.09. The molecule has 2 aromatic carbocycles. The molecule has 1 unspecified atom stereocenters. The number of piperidine rings is 1. The van der Waals surface area contributed by atoms with E-state index in [1.807, 2.05) is 24.3 Å². The van der Waals surface area contributed by atoms with Crippen molar-refractivity contribution >= 4 is 34.1 Å². The van der Waals surface area contributed by atoms with Gasteiger partial charge in [0.1, 0.15) is 42.0 Å². The number of aromatic nitrogens is 3. The first-order valence-electron chi connectivity index (χ1n) is 13.4. The van der Waals surface area contributed by atoms with Crippen molar-refractivity contribution in [3.63, 3.8) is 0 Å². The first-order chi connectivity index (χ1) is 20.5. The summed E-state index contributed by atoms with van der Waals surface area (Å²) in [6, 6.07) is 14.7. The number of ether oxygens (including phenoxy) is 3. The zero-order chi connectivity index (χ0) is 30.6. The molecule has 0 amide bonds. The van der Waals surface area contributed by atoms with Gasteiger partial charge in [-0.1, -0.05) is 0 Å². The molecule has 1 saturated heterocycles. The lowest BCUT2D eigenvalue weighted by molar-refractivity contribution is -0.389. The van der Waals surface area contributed by atoms with Gasteiger partial charge in [-0.15, -0.1) is 13.2 Å². The predicted molar refractivity (Wildman–Crippen MR) is 151 cm³/mol. The Morgan fingerprint density at radius 3 is 2.42 bits per heavy atom. The average Bonchev–Trinajstić information content (AvgIpc) is 3.36. The fourth-order valence-electron chi connectivity index (χ4n) is 4.66. The summed E-state index contributed by atoms with van der Waals surface area (Å²) < 4.78 is 54.0. The van der Waals surface area contributed by atoms with Crippen molar-refractivity contribution in [2.24, 2.45) is 0 Å². The Morgan fingerprint density at radius 2 is 1.74 bits per heavy atom. The van der Waals surface area contributed by atoms with E-state index in [2.05, 4.69) is 14.6 Å². The quantitative estimate of drug-likeness (QED) is 0.164. The molecule has 0 bridgehead atoms. The molecule has 15 heteroatoms. The van der Waals surface area contributed by atoms with Gasteiger partial charge in [-0.2, -0.15) is 0 Å². The zero-order valence-corrected chi connectivity index (χ0v) is 23.4. The van der Waals surface area contributed by atoms with Crippen LogP contribution in [0.15, 0.2) is 60.8 Å². The van der Waals surface area contributed by atoms with Gasteiger partial charge < -0.3 is 34.3 Å². The van der Waals surface area contributed by atoms with Crippen LogP contribution in [0.25, 0.3) is 10.9 Å². The van der Waals surface area contributed by atoms with E-state index in [4.69, 9.17) is 26.1 Å². The van der Waals surface area contributed by atoms with E-state index in [1.165, 1.54) is 35.0 Å². The Morgan fingerprint density at radius 1 is 1.05 bits per heavy atom. The van der Waals surface area contributed by atoms with Crippen LogP contribution in [0.1, 0.15) is 19.3 Å². The number of pyridine rings is 1. The highest BCUT2D eigenvalue weighted by Gasteiger charge is 2.31. The number of nitrogens with zero attached hydrogens (tertiary/aromatic N) is 5. The second kappa shape index (κ2) is 12.9. The lowest BCUT2D eigenvalue weighted by Gasteiger charge is -2.33. The summed E-state index contributed by atoms with van der Waals surface area (Å²) in [5, 5.41) is 22.0. The van der Waals surface area contributed by atoms with Crippen molar-refractivity contribution in [3.8, 4) is 17.2 Å². The molecule has 1 N–H and O–H groups in total. The molecule has 1 atom stereocenters. The molecule has 0 spiro atoms. The molecule has 2 aromatic heterocycles. The number of hydrogen-bond donors (Lipinski definition) is 1. The third kappa shape index (κ3) is 8.17. The van der Waals surface area contributed by atoms with E-state index in [0.29, 0.717) is 24.6 Å². The summed E-state index contributed by atoms with van der Waals surface area (Å²) in [6.07, 6.45) is -2.71. The van der Waals surface area contributed by atoms with Crippen LogP contribution in [0, 0.1) is 10.1 Å². The van der Waals surface area contributed by atoms with E-state index in [1.54, 1.807) is 6.07 Å². The Kier molecular flexibility index (Phi) is 9.06. The molecular weight excluding hydrogens is 595 g/mol. The van der Waals surface area contributed by atoms with Crippen LogP contribution in [0.2, 0.25) is 5.28 Å². The molecule has 1 aliphatic heterocycles. The van der Waals surface area contributed by atoms with Gasteiger partial charge >= 0.3 is 17.5 Å². The van der Waals surface area contributed by atoms with Gasteiger partial charge in [0.25, 0.3) is 0 Å². The monoisotopic (exact) mass is 621 g/mol. The third-order valence-electron chi connectivity index (χ3n) is 6.82. The van der Waals surface area contributed by atoms with E-state index in [0.717, 1.165) is 29.6 Å². The molecule has 0 aliphatic carbocycles. The van der Waals surface area contributed by atoms with Gasteiger partial charge in [0.15, 0.2) is 0 Å². The Hall–Kier alpha value is -4.30. The summed E-state index contributed by atoms with van der Waals surface area (Å²) >= 11 is 5.91. The fraction of sp³-hybridized carbons (Fsp3) is 0.357. The number of hydrogen-bond acceptors (Lipinski definition) is 9.